The summed E-state index contributed by atoms with van der Waals surface area (Å²) in [5.74, 6) is 0. The number of piperidine rings is 1. The minimum Gasteiger partial charge on any atom is -0.328 e. The summed E-state index contributed by atoms with van der Waals surface area (Å²) in [6.07, 6.45) is 2.30. The summed E-state index contributed by atoms with van der Waals surface area (Å²) in [4.78, 5) is 0. The highest BCUT2D eigenvalue weighted by molar-refractivity contribution is 7.87. The van der Waals surface area contributed by atoms with E-state index >= 15 is 0 Å². The normalized spacial score (nSPS) is 29.3. The molecule has 3 N–H and O–H groups in total. The van der Waals surface area contributed by atoms with E-state index in [0.29, 0.717) is 13.1 Å². The average molecular weight is 235 g/mol. The van der Waals surface area contributed by atoms with Gasteiger partial charge in [0.05, 0.1) is 0 Å². The molecule has 0 saturated carbocycles. The van der Waals surface area contributed by atoms with Gasteiger partial charge in [0.25, 0.3) is 10.2 Å². The van der Waals surface area contributed by atoms with Crippen LogP contribution in [0.2, 0.25) is 0 Å². The second kappa shape index (κ2) is 5.25. The van der Waals surface area contributed by atoms with Crippen LogP contribution in [0.4, 0.5) is 0 Å². The Hall–Kier alpha value is -0.170. The van der Waals surface area contributed by atoms with Gasteiger partial charge in [-0.1, -0.05) is 6.92 Å². The molecule has 0 aromatic rings. The number of nitrogens with two attached hydrogens (primary N) is 1. The molecular weight excluding hydrogens is 214 g/mol. The van der Waals surface area contributed by atoms with Gasteiger partial charge in [-0.25, -0.2) is 4.72 Å². The molecule has 1 rings (SSSR count). The molecular formula is C9H21N3O2S. The lowest BCUT2D eigenvalue weighted by molar-refractivity contribution is 0.244. The van der Waals surface area contributed by atoms with Gasteiger partial charge in [0.2, 0.25) is 0 Å². The molecule has 0 aromatic carbocycles. The van der Waals surface area contributed by atoms with Gasteiger partial charge in [0, 0.05) is 25.2 Å². The van der Waals surface area contributed by atoms with Crippen LogP contribution < -0.4 is 10.5 Å². The number of hydrogen-bond donors (Lipinski definition) is 2. The molecule has 1 heterocycles. The summed E-state index contributed by atoms with van der Waals surface area (Å²) in [6.45, 7) is 4.88. The highest BCUT2D eigenvalue weighted by Crippen LogP contribution is 2.18. The second-order valence-electron chi connectivity index (χ2n) is 4.14. The standard InChI is InChI=1S/C9H21N3O2S/c1-3-5-11-15(13,14)12-6-4-9(10)7-8(12)2/h8-9,11H,3-7,10H2,1-2H3. The Balaban J connectivity index is 2.62. The number of nitrogens with zero attached hydrogens (tertiary/aromatic N) is 1. The van der Waals surface area contributed by atoms with Gasteiger partial charge in [-0.3, -0.25) is 0 Å². The maximum Gasteiger partial charge on any atom is 0.279 e. The number of rotatable bonds is 4. The van der Waals surface area contributed by atoms with Crippen LogP contribution in [-0.2, 0) is 10.2 Å². The minimum atomic E-state index is -3.29. The Morgan fingerprint density at radius 3 is 2.73 bits per heavy atom. The minimum absolute atomic E-state index is 0.00288. The van der Waals surface area contributed by atoms with E-state index < -0.39 is 10.2 Å². The van der Waals surface area contributed by atoms with Gasteiger partial charge in [0.1, 0.15) is 0 Å². The van der Waals surface area contributed by atoms with E-state index in [2.05, 4.69) is 4.72 Å². The zero-order valence-corrected chi connectivity index (χ0v) is 10.3. The highest BCUT2D eigenvalue weighted by Gasteiger charge is 2.31. The van der Waals surface area contributed by atoms with E-state index in [1.54, 1.807) is 0 Å². The van der Waals surface area contributed by atoms with Crippen molar-refractivity contribution in [3.05, 3.63) is 0 Å². The summed E-state index contributed by atoms with van der Waals surface area (Å²) >= 11 is 0. The van der Waals surface area contributed by atoms with Crippen molar-refractivity contribution in [1.29, 1.82) is 0 Å². The van der Waals surface area contributed by atoms with E-state index in [1.165, 1.54) is 4.31 Å². The van der Waals surface area contributed by atoms with E-state index in [0.717, 1.165) is 19.3 Å². The zero-order chi connectivity index (χ0) is 11.5. The predicted molar refractivity (Wildman–Crippen MR) is 60.6 cm³/mol. The zero-order valence-electron chi connectivity index (χ0n) is 9.44. The second-order valence-corrected chi connectivity index (χ2v) is 5.85. The molecule has 6 heteroatoms. The van der Waals surface area contributed by atoms with Gasteiger partial charge in [-0.15, -0.1) is 0 Å². The molecule has 0 aliphatic carbocycles. The van der Waals surface area contributed by atoms with Crippen LogP contribution in [0.1, 0.15) is 33.1 Å². The Morgan fingerprint density at radius 2 is 2.20 bits per heavy atom. The number of hydrogen-bond acceptors (Lipinski definition) is 3. The maximum atomic E-state index is 11.8. The lowest BCUT2D eigenvalue weighted by Gasteiger charge is -2.35. The summed E-state index contributed by atoms with van der Waals surface area (Å²) in [7, 11) is -3.29. The largest absolute Gasteiger partial charge is 0.328 e. The molecule has 2 unspecified atom stereocenters. The molecule has 0 radical (unpaired) electrons. The molecule has 0 bridgehead atoms. The van der Waals surface area contributed by atoms with Crippen molar-refractivity contribution in [2.75, 3.05) is 13.1 Å². The first kappa shape index (κ1) is 12.9. The van der Waals surface area contributed by atoms with Crippen LogP contribution in [0, 0.1) is 0 Å². The van der Waals surface area contributed by atoms with Crippen LogP contribution in [0.5, 0.6) is 0 Å². The molecule has 2 atom stereocenters. The third kappa shape index (κ3) is 3.41. The third-order valence-electron chi connectivity index (χ3n) is 2.70. The van der Waals surface area contributed by atoms with Crippen molar-refractivity contribution in [3.63, 3.8) is 0 Å². The lowest BCUT2D eigenvalue weighted by Crippen LogP contribution is -2.52. The van der Waals surface area contributed by atoms with Crippen LogP contribution >= 0.6 is 0 Å². The van der Waals surface area contributed by atoms with Crippen LogP contribution in [-0.4, -0.2) is 37.9 Å². The van der Waals surface area contributed by atoms with Gasteiger partial charge < -0.3 is 5.73 Å². The first-order chi connectivity index (χ1) is 6.97. The van der Waals surface area contributed by atoms with E-state index in [1.807, 2.05) is 13.8 Å². The quantitative estimate of drug-likeness (QED) is 0.722. The topological polar surface area (TPSA) is 75.4 Å². The molecule has 1 saturated heterocycles. The summed E-state index contributed by atoms with van der Waals surface area (Å²) in [5.41, 5.74) is 5.79. The van der Waals surface area contributed by atoms with Gasteiger partial charge >= 0.3 is 0 Å². The molecule has 0 aromatic heterocycles. The van der Waals surface area contributed by atoms with Gasteiger partial charge in [-0.05, 0) is 26.2 Å². The van der Waals surface area contributed by atoms with Crippen LogP contribution in [0.25, 0.3) is 0 Å². The smallest absolute Gasteiger partial charge is 0.279 e. The molecule has 5 nitrogen and oxygen atoms in total. The molecule has 0 spiro atoms. The monoisotopic (exact) mass is 235 g/mol. The molecule has 15 heavy (non-hydrogen) atoms. The van der Waals surface area contributed by atoms with Crippen molar-refractivity contribution in [2.45, 2.75) is 45.2 Å². The fourth-order valence-corrected chi connectivity index (χ4v) is 3.39. The molecule has 1 aliphatic heterocycles. The summed E-state index contributed by atoms with van der Waals surface area (Å²) in [6, 6.07) is 0.140. The van der Waals surface area contributed by atoms with Crippen LogP contribution in [0.3, 0.4) is 0 Å². The molecule has 90 valence electrons. The Bertz CT molecular complexity index is 292. The van der Waals surface area contributed by atoms with Crippen molar-refractivity contribution < 1.29 is 8.42 Å². The van der Waals surface area contributed by atoms with Crippen LogP contribution in [0.15, 0.2) is 0 Å². The molecule has 1 fully saturated rings. The van der Waals surface area contributed by atoms with Crippen molar-refractivity contribution >= 4 is 10.2 Å². The highest BCUT2D eigenvalue weighted by atomic mass is 32.2. The van der Waals surface area contributed by atoms with Crippen molar-refractivity contribution in [1.82, 2.24) is 9.03 Å². The van der Waals surface area contributed by atoms with E-state index in [4.69, 9.17) is 5.73 Å². The number of nitrogens with one attached hydrogen (secondary N) is 1. The van der Waals surface area contributed by atoms with Gasteiger partial charge in [-0.2, -0.15) is 12.7 Å². The lowest BCUT2D eigenvalue weighted by atomic mass is 10.0. The first-order valence-electron chi connectivity index (χ1n) is 5.49. The fourth-order valence-electron chi connectivity index (χ4n) is 1.86. The third-order valence-corrected chi connectivity index (χ3v) is 4.43. The SMILES string of the molecule is CCCNS(=O)(=O)N1CCC(N)CC1C. The summed E-state index contributed by atoms with van der Waals surface area (Å²) < 4.78 is 27.8. The molecule has 0 amide bonds. The molecule has 1 aliphatic rings. The Morgan fingerprint density at radius 1 is 1.53 bits per heavy atom. The predicted octanol–water partition coefficient (Wildman–Crippen LogP) is 0.0424. The summed E-state index contributed by atoms with van der Waals surface area (Å²) in [5, 5.41) is 0. The Labute approximate surface area is 92.2 Å². The van der Waals surface area contributed by atoms with E-state index in [-0.39, 0.29) is 12.1 Å². The van der Waals surface area contributed by atoms with Crippen molar-refractivity contribution in [2.24, 2.45) is 5.73 Å². The average Bonchev–Trinajstić information content (AvgIpc) is 2.14. The first-order valence-corrected chi connectivity index (χ1v) is 6.93. The Kier molecular flexibility index (Phi) is 4.51. The van der Waals surface area contributed by atoms with E-state index in [9.17, 15) is 8.42 Å². The fraction of sp³-hybridized carbons (Fsp3) is 1.00. The van der Waals surface area contributed by atoms with Crippen molar-refractivity contribution in [3.8, 4) is 0 Å². The van der Waals surface area contributed by atoms with Gasteiger partial charge in [0.15, 0.2) is 0 Å². The maximum absolute atomic E-state index is 11.8.